The first-order valence-corrected chi connectivity index (χ1v) is 9.83. The molecule has 4 rings (SSSR count). The molecule has 0 aromatic heterocycles. The number of rotatable bonds is 0. The second-order valence-corrected chi connectivity index (χ2v) is 9.50. The van der Waals surface area contributed by atoms with Gasteiger partial charge in [-0.1, -0.05) is 42.5 Å². The lowest BCUT2D eigenvalue weighted by Crippen LogP contribution is -2.40. The predicted molar refractivity (Wildman–Crippen MR) is 113 cm³/mol. The van der Waals surface area contributed by atoms with Crippen molar-refractivity contribution in [2.75, 3.05) is 11.4 Å². The highest BCUT2D eigenvalue weighted by Gasteiger charge is 2.28. The van der Waals surface area contributed by atoms with Gasteiger partial charge in [0.1, 0.15) is 0 Å². The molecular formula is C24H34N2. The third-order valence-corrected chi connectivity index (χ3v) is 5.49. The van der Waals surface area contributed by atoms with Gasteiger partial charge in [0.15, 0.2) is 0 Å². The van der Waals surface area contributed by atoms with Gasteiger partial charge in [-0.3, -0.25) is 4.90 Å². The fraction of sp³-hybridized carbons (Fsp3) is 0.500. The molecule has 0 bridgehead atoms. The van der Waals surface area contributed by atoms with Crippen LogP contribution in [0.15, 0.2) is 48.5 Å². The predicted octanol–water partition coefficient (Wildman–Crippen LogP) is 5.65. The van der Waals surface area contributed by atoms with Crippen LogP contribution in [0.2, 0.25) is 0 Å². The molecule has 0 spiro atoms. The van der Waals surface area contributed by atoms with Crippen LogP contribution in [0.3, 0.4) is 0 Å². The first-order valence-electron chi connectivity index (χ1n) is 9.83. The van der Waals surface area contributed by atoms with E-state index in [4.69, 9.17) is 0 Å². The van der Waals surface area contributed by atoms with Crippen LogP contribution in [0, 0.1) is 0 Å². The number of fused-ring (bicyclic) bond motifs is 2. The van der Waals surface area contributed by atoms with Gasteiger partial charge in [0, 0.05) is 36.4 Å². The smallest absolute Gasteiger partial charge is 0.0403 e. The van der Waals surface area contributed by atoms with Gasteiger partial charge in [0.2, 0.25) is 0 Å². The molecule has 0 fully saturated rings. The number of anilines is 1. The van der Waals surface area contributed by atoms with Gasteiger partial charge in [-0.25, -0.2) is 0 Å². The van der Waals surface area contributed by atoms with E-state index in [1.54, 1.807) is 0 Å². The lowest BCUT2D eigenvalue weighted by molar-refractivity contribution is 0.136. The standard InChI is InChI=1S/2C12H17N/c1-12(2,3)13-8-10-6-4-5-7-11(10)9-13;1-12(2,3)13-9-8-10-6-4-5-7-11(10)13/h2*4-7H,8-9H2,1-3H3. The zero-order valence-electron chi connectivity index (χ0n) is 17.3. The molecule has 2 aromatic carbocycles. The van der Waals surface area contributed by atoms with Crippen LogP contribution in [0.25, 0.3) is 0 Å². The third-order valence-electron chi connectivity index (χ3n) is 5.49. The van der Waals surface area contributed by atoms with Crippen molar-refractivity contribution < 1.29 is 0 Å². The Kier molecular flexibility index (Phi) is 5.16. The number of benzene rings is 2. The molecule has 0 atom stereocenters. The molecule has 2 heterocycles. The zero-order valence-corrected chi connectivity index (χ0v) is 17.3. The van der Waals surface area contributed by atoms with Gasteiger partial charge >= 0.3 is 0 Å². The van der Waals surface area contributed by atoms with Crippen LogP contribution in [0.5, 0.6) is 0 Å². The first-order chi connectivity index (χ1) is 12.2. The summed E-state index contributed by atoms with van der Waals surface area (Å²) in [5, 5.41) is 0. The van der Waals surface area contributed by atoms with Crippen LogP contribution < -0.4 is 4.90 Å². The maximum absolute atomic E-state index is 2.51. The maximum Gasteiger partial charge on any atom is 0.0403 e. The van der Waals surface area contributed by atoms with E-state index in [1.807, 2.05) is 0 Å². The molecule has 2 aliphatic heterocycles. The van der Waals surface area contributed by atoms with Crippen LogP contribution in [0.1, 0.15) is 58.2 Å². The highest BCUT2D eigenvalue weighted by atomic mass is 15.2. The van der Waals surface area contributed by atoms with Crippen LogP contribution in [-0.4, -0.2) is 22.5 Å². The molecule has 26 heavy (non-hydrogen) atoms. The topological polar surface area (TPSA) is 6.48 Å². The van der Waals surface area contributed by atoms with E-state index in [0.717, 1.165) is 13.1 Å². The Bertz CT molecular complexity index is 724. The monoisotopic (exact) mass is 350 g/mol. The fourth-order valence-corrected chi connectivity index (χ4v) is 3.84. The van der Waals surface area contributed by atoms with Gasteiger partial charge in [-0.05, 0) is 70.7 Å². The van der Waals surface area contributed by atoms with Crippen molar-refractivity contribution in [2.45, 2.75) is 72.1 Å². The van der Waals surface area contributed by atoms with Crippen molar-refractivity contribution in [1.82, 2.24) is 4.90 Å². The van der Waals surface area contributed by atoms with Crippen molar-refractivity contribution in [3.05, 3.63) is 65.2 Å². The van der Waals surface area contributed by atoms with Crippen molar-refractivity contribution in [2.24, 2.45) is 0 Å². The molecule has 0 unspecified atom stereocenters. The molecule has 0 saturated heterocycles. The molecule has 140 valence electrons. The normalized spacial score (nSPS) is 16.8. The summed E-state index contributed by atoms with van der Waals surface area (Å²) in [7, 11) is 0. The van der Waals surface area contributed by atoms with Gasteiger partial charge in [0.05, 0.1) is 0 Å². The lowest BCUT2D eigenvalue weighted by Gasteiger charge is -2.34. The quantitative estimate of drug-likeness (QED) is 0.606. The van der Waals surface area contributed by atoms with Gasteiger partial charge in [-0.15, -0.1) is 0 Å². The van der Waals surface area contributed by atoms with Gasteiger partial charge in [0.25, 0.3) is 0 Å². The zero-order chi connectivity index (χ0) is 18.9. The van der Waals surface area contributed by atoms with E-state index >= 15 is 0 Å². The average Bonchev–Trinajstić information content (AvgIpc) is 3.19. The number of hydrogen-bond acceptors (Lipinski definition) is 2. The molecule has 2 heteroatoms. The molecule has 0 amide bonds. The Morgan fingerprint density at radius 2 is 1.15 bits per heavy atom. The van der Waals surface area contributed by atoms with Crippen LogP contribution in [-0.2, 0) is 19.5 Å². The first kappa shape index (κ1) is 19.0. The summed E-state index contributed by atoms with van der Waals surface area (Å²) in [6.07, 6.45) is 1.20. The van der Waals surface area contributed by atoms with Crippen molar-refractivity contribution in [1.29, 1.82) is 0 Å². The minimum Gasteiger partial charge on any atom is -0.366 e. The summed E-state index contributed by atoms with van der Waals surface area (Å²) < 4.78 is 0. The molecule has 2 aliphatic rings. The Labute approximate surface area is 159 Å². The van der Waals surface area contributed by atoms with E-state index in [0.29, 0.717) is 5.54 Å². The highest BCUT2D eigenvalue weighted by molar-refractivity contribution is 5.59. The summed E-state index contributed by atoms with van der Waals surface area (Å²) in [5.74, 6) is 0. The minimum absolute atomic E-state index is 0.257. The third kappa shape index (κ3) is 4.12. The van der Waals surface area contributed by atoms with Crippen LogP contribution in [0.4, 0.5) is 5.69 Å². The molecular weight excluding hydrogens is 316 g/mol. The van der Waals surface area contributed by atoms with Gasteiger partial charge < -0.3 is 4.90 Å². The Hall–Kier alpha value is -1.80. The van der Waals surface area contributed by atoms with E-state index in [2.05, 4.69) is 99.9 Å². The Balaban J connectivity index is 0.000000151. The largest absolute Gasteiger partial charge is 0.366 e. The van der Waals surface area contributed by atoms with E-state index in [1.165, 1.54) is 35.3 Å². The van der Waals surface area contributed by atoms with Crippen molar-refractivity contribution in [3.8, 4) is 0 Å². The molecule has 2 aromatic rings. The average molecular weight is 351 g/mol. The highest BCUT2D eigenvalue weighted by Crippen LogP contribution is 2.33. The maximum atomic E-state index is 2.51. The lowest BCUT2D eigenvalue weighted by atomic mass is 10.1. The number of para-hydroxylation sites is 1. The van der Waals surface area contributed by atoms with E-state index in [9.17, 15) is 0 Å². The van der Waals surface area contributed by atoms with E-state index < -0.39 is 0 Å². The Morgan fingerprint density at radius 1 is 0.654 bits per heavy atom. The van der Waals surface area contributed by atoms with Crippen molar-refractivity contribution >= 4 is 5.69 Å². The molecule has 0 aliphatic carbocycles. The summed E-state index contributed by atoms with van der Waals surface area (Å²) in [5.41, 5.74) is 6.47. The van der Waals surface area contributed by atoms with Crippen LogP contribution >= 0.6 is 0 Å². The SMILES string of the molecule is CC(C)(C)N1CCc2ccccc21.CC(C)(C)N1Cc2ccccc2C1. The Morgan fingerprint density at radius 3 is 1.65 bits per heavy atom. The fourth-order valence-electron chi connectivity index (χ4n) is 3.84. The molecule has 0 saturated carbocycles. The van der Waals surface area contributed by atoms with Crippen molar-refractivity contribution in [3.63, 3.8) is 0 Å². The van der Waals surface area contributed by atoms with Gasteiger partial charge in [-0.2, -0.15) is 0 Å². The number of nitrogens with zero attached hydrogens (tertiary/aromatic N) is 2. The minimum atomic E-state index is 0.257. The summed E-state index contributed by atoms with van der Waals surface area (Å²) >= 11 is 0. The second kappa shape index (κ2) is 7.08. The summed E-state index contributed by atoms with van der Waals surface area (Å²) in [6, 6.07) is 17.5. The summed E-state index contributed by atoms with van der Waals surface area (Å²) in [4.78, 5) is 5.00. The number of hydrogen-bond donors (Lipinski definition) is 0. The van der Waals surface area contributed by atoms with E-state index in [-0.39, 0.29) is 5.54 Å². The molecule has 0 N–H and O–H groups in total. The molecule has 2 nitrogen and oxygen atoms in total. The molecule has 0 radical (unpaired) electrons. The second-order valence-electron chi connectivity index (χ2n) is 9.50. The summed E-state index contributed by atoms with van der Waals surface area (Å²) in [6.45, 7) is 17.0.